The second-order valence-corrected chi connectivity index (χ2v) is 12.4. The first-order valence-electron chi connectivity index (χ1n) is 14.3. The monoisotopic (exact) mass is 673 g/mol. The molecule has 17 heteroatoms. The average Bonchev–Trinajstić information content (AvgIpc) is 3.73. The maximum Gasteiger partial charge on any atom is 0.338 e. The second-order valence-electron chi connectivity index (χ2n) is 11.5. The summed E-state index contributed by atoms with van der Waals surface area (Å²) in [6.07, 6.45) is 0.465. The molecule has 2 aromatic rings. The van der Waals surface area contributed by atoms with Crippen molar-refractivity contribution < 1.29 is 51.0 Å². The highest BCUT2D eigenvalue weighted by atomic mass is 32.1. The van der Waals surface area contributed by atoms with Crippen LogP contribution in [-0.4, -0.2) is 102 Å². The Kier molecular flexibility index (Phi) is 9.52. The van der Waals surface area contributed by atoms with Crippen LogP contribution in [-0.2, 0) is 23.9 Å². The van der Waals surface area contributed by atoms with E-state index in [0.717, 1.165) is 22.5 Å². The number of hydrogen-bond donors (Lipinski definition) is 2. The van der Waals surface area contributed by atoms with Crippen molar-refractivity contribution in [2.45, 2.75) is 50.9 Å². The molecular formula is C29H32F5N5O6S. The fourth-order valence-corrected chi connectivity index (χ4v) is 6.44. The highest BCUT2D eigenvalue weighted by Gasteiger charge is 2.61. The van der Waals surface area contributed by atoms with E-state index < -0.39 is 77.1 Å². The van der Waals surface area contributed by atoms with Gasteiger partial charge in [0.25, 0.3) is 5.92 Å². The van der Waals surface area contributed by atoms with Crippen molar-refractivity contribution in [3.8, 4) is 0 Å². The summed E-state index contributed by atoms with van der Waals surface area (Å²) in [6, 6.07) is -2.32. The predicted octanol–water partition coefficient (Wildman–Crippen LogP) is 3.53. The third-order valence-electron chi connectivity index (χ3n) is 8.37. The van der Waals surface area contributed by atoms with Crippen LogP contribution in [0.4, 0.5) is 22.0 Å². The molecule has 5 rings (SSSR count). The Labute approximate surface area is 264 Å². The molecule has 0 saturated carbocycles. The number of ether oxygens (including phenoxy) is 2. The lowest BCUT2D eigenvalue weighted by Gasteiger charge is -2.34. The summed E-state index contributed by atoms with van der Waals surface area (Å²) >= 11 is 1.14. The number of carboxylic acid groups (broad SMARTS) is 1. The van der Waals surface area contributed by atoms with Crippen LogP contribution in [0.25, 0.3) is 0 Å². The number of thiazole rings is 1. The molecule has 250 valence electrons. The summed E-state index contributed by atoms with van der Waals surface area (Å²) in [5, 5.41) is 15.6. The lowest BCUT2D eigenvalue weighted by atomic mass is 9.86. The van der Waals surface area contributed by atoms with E-state index in [1.807, 2.05) is 0 Å². The summed E-state index contributed by atoms with van der Waals surface area (Å²) in [4.78, 5) is 40.9. The van der Waals surface area contributed by atoms with Crippen LogP contribution < -0.4 is 5.32 Å². The zero-order valence-corrected chi connectivity index (χ0v) is 26.0. The number of amidine groups is 1. The maximum atomic E-state index is 15.7. The Morgan fingerprint density at radius 3 is 2.63 bits per heavy atom. The van der Waals surface area contributed by atoms with Crippen LogP contribution in [0.15, 0.2) is 40.0 Å². The van der Waals surface area contributed by atoms with Gasteiger partial charge < -0.3 is 19.9 Å². The van der Waals surface area contributed by atoms with Gasteiger partial charge in [-0.2, -0.15) is 5.06 Å². The molecule has 4 heterocycles. The average molecular weight is 674 g/mol. The molecule has 2 saturated heterocycles. The summed E-state index contributed by atoms with van der Waals surface area (Å²) in [7, 11) is 1.29. The quantitative estimate of drug-likeness (QED) is 0.208. The molecule has 0 unspecified atom stereocenters. The Hall–Kier alpha value is -3.51. The zero-order valence-electron chi connectivity index (χ0n) is 25.2. The lowest BCUT2D eigenvalue weighted by molar-refractivity contribution is -0.205. The predicted molar refractivity (Wildman–Crippen MR) is 153 cm³/mol. The number of halogens is 5. The molecule has 0 spiro atoms. The fraction of sp³-hybridized carbons (Fsp3) is 0.517. The number of carbonyl (C=O) groups is 2. The largest absolute Gasteiger partial charge is 0.481 e. The van der Waals surface area contributed by atoms with Gasteiger partial charge in [-0.3, -0.25) is 19.5 Å². The second kappa shape index (κ2) is 12.9. The van der Waals surface area contributed by atoms with Gasteiger partial charge in [0.2, 0.25) is 0 Å². The number of esters is 1. The molecule has 1 aromatic heterocycles. The van der Waals surface area contributed by atoms with Gasteiger partial charge in [0, 0.05) is 36.5 Å². The van der Waals surface area contributed by atoms with Crippen molar-refractivity contribution in [2.24, 2.45) is 10.4 Å². The number of hydrogen-bond acceptors (Lipinski definition) is 11. The Morgan fingerprint density at radius 1 is 1.26 bits per heavy atom. The van der Waals surface area contributed by atoms with Gasteiger partial charge in [0.1, 0.15) is 12.1 Å². The number of nitrogens with one attached hydrogen (secondary N) is 1. The number of carboxylic acids is 1. The highest BCUT2D eigenvalue weighted by molar-refractivity contribution is 7.11. The van der Waals surface area contributed by atoms with E-state index in [1.165, 1.54) is 39.0 Å². The first-order valence-corrected chi connectivity index (χ1v) is 15.1. The highest BCUT2D eigenvalue weighted by Crippen LogP contribution is 2.42. The molecule has 0 bridgehead atoms. The minimum Gasteiger partial charge on any atom is -0.481 e. The van der Waals surface area contributed by atoms with Crippen molar-refractivity contribution in [3.05, 3.63) is 63.0 Å². The zero-order chi connectivity index (χ0) is 33.6. The number of aliphatic carboxylic acids is 1. The van der Waals surface area contributed by atoms with E-state index in [9.17, 15) is 23.5 Å². The van der Waals surface area contributed by atoms with E-state index in [2.05, 4.69) is 15.3 Å². The number of methoxy groups -OCH3 is 1. The number of alkyl halides is 2. The topological polar surface area (TPSA) is 126 Å². The third-order valence-corrected chi connectivity index (χ3v) is 9.14. The van der Waals surface area contributed by atoms with Crippen LogP contribution >= 0.6 is 11.3 Å². The van der Waals surface area contributed by atoms with Crippen LogP contribution in [0.1, 0.15) is 37.4 Å². The van der Waals surface area contributed by atoms with Gasteiger partial charge in [0.05, 0.1) is 49.4 Å². The molecule has 3 aliphatic heterocycles. The normalized spacial score (nSPS) is 24.0. The summed E-state index contributed by atoms with van der Waals surface area (Å²) in [6.45, 7) is 2.69. The van der Waals surface area contributed by atoms with Crippen LogP contribution in [0.5, 0.6) is 0 Å². The number of likely N-dealkylation sites (tertiary alicyclic amines) is 1. The maximum absolute atomic E-state index is 15.7. The molecule has 3 aliphatic rings. The van der Waals surface area contributed by atoms with Gasteiger partial charge in [-0.25, -0.2) is 31.7 Å². The minimum absolute atomic E-state index is 0.0180. The number of carbonyl (C=O) groups excluding carboxylic acids is 1. The van der Waals surface area contributed by atoms with E-state index in [4.69, 9.17) is 14.3 Å². The molecule has 0 aliphatic carbocycles. The Bertz CT molecular complexity index is 1550. The van der Waals surface area contributed by atoms with Crippen molar-refractivity contribution in [2.75, 3.05) is 40.0 Å². The lowest BCUT2D eigenvalue weighted by Crippen LogP contribution is -2.51. The number of rotatable bonds is 11. The van der Waals surface area contributed by atoms with Crippen molar-refractivity contribution in [3.63, 3.8) is 0 Å². The Morgan fingerprint density at radius 2 is 2.00 bits per heavy atom. The molecule has 1 aromatic carbocycles. The number of aromatic nitrogens is 1. The van der Waals surface area contributed by atoms with Gasteiger partial charge >= 0.3 is 11.9 Å². The summed E-state index contributed by atoms with van der Waals surface area (Å²) in [5.41, 5.74) is -2.16. The van der Waals surface area contributed by atoms with Crippen LogP contribution in [0.2, 0.25) is 0 Å². The molecule has 46 heavy (non-hydrogen) atoms. The molecule has 2 N–H and O–H groups in total. The van der Waals surface area contributed by atoms with E-state index in [-0.39, 0.29) is 43.4 Å². The van der Waals surface area contributed by atoms with Gasteiger partial charge in [-0.15, -0.1) is 11.3 Å². The van der Waals surface area contributed by atoms with Gasteiger partial charge in [-0.05, 0) is 26.8 Å². The number of fused-ring (bicyclic) bond motifs is 1. The molecular weight excluding hydrogens is 641 g/mol. The summed E-state index contributed by atoms with van der Waals surface area (Å²) in [5.74, 6) is -10.2. The van der Waals surface area contributed by atoms with Crippen molar-refractivity contribution in [1.29, 1.82) is 0 Å². The number of aliphatic imine (C=N–C) groups is 1. The van der Waals surface area contributed by atoms with Gasteiger partial charge in [0.15, 0.2) is 28.3 Å². The third kappa shape index (κ3) is 6.13. The fourth-order valence-electron chi connectivity index (χ4n) is 5.85. The van der Waals surface area contributed by atoms with Crippen LogP contribution in [0.3, 0.4) is 0 Å². The number of nitrogens with zero attached hydrogens (tertiary/aromatic N) is 4. The SMILES string of the molecule is CCOC(=O)C1=C(CN2CC(F)(F)[C@@H]3[C@H]2CON3C[C@H](OC)C(C)(C)C(=O)O)NC(c2nccs2)=N[C@H]1c1ccc(F)c(F)c1F. The Balaban J connectivity index is 1.53. The first kappa shape index (κ1) is 33.8. The van der Waals surface area contributed by atoms with E-state index >= 15 is 13.2 Å². The minimum atomic E-state index is -3.36. The molecule has 2 fully saturated rings. The number of benzene rings is 1. The standard InChI is InChI=1S/C29H32F5N5O6S/c1-5-44-26(40)19-16(36-24(25-35-8-9-46-25)37-22(19)14-6-7-15(30)21(32)20(14)31)10-38-13-29(33,34)23-17(38)12-45-39(23)11-18(43-4)28(2,3)27(41)42/h6-9,17-18,22-23H,5,10-13H2,1-4H3,(H,36,37)(H,41,42)/t17-,18+,22+,23+/m1/s1. The molecule has 0 radical (unpaired) electrons. The molecule has 4 atom stereocenters. The molecule has 11 nitrogen and oxygen atoms in total. The van der Waals surface area contributed by atoms with Crippen molar-refractivity contribution in [1.82, 2.24) is 20.3 Å². The number of hydroxylamine groups is 2. The van der Waals surface area contributed by atoms with Gasteiger partial charge in [-0.1, -0.05) is 6.07 Å². The smallest absolute Gasteiger partial charge is 0.338 e. The summed E-state index contributed by atoms with van der Waals surface area (Å²) < 4.78 is 85.5. The van der Waals surface area contributed by atoms with E-state index in [1.54, 1.807) is 5.38 Å². The first-order chi connectivity index (χ1) is 21.7. The van der Waals surface area contributed by atoms with Crippen molar-refractivity contribution >= 4 is 29.1 Å². The van der Waals surface area contributed by atoms with E-state index in [0.29, 0.717) is 11.1 Å². The molecule has 0 amide bonds. The van der Waals surface area contributed by atoms with Crippen LogP contribution in [0, 0.1) is 22.9 Å².